The highest BCUT2D eigenvalue weighted by Crippen LogP contribution is 2.21. The van der Waals surface area contributed by atoms with Gasteiger partial charge in [-0.15, -0.1) is 0 Å². The molecular formula is C20H26N4OS. The third kappa shape index (κ3) is 5.56. The zero-order chi connectivity index (χ0) is 18.2. The maximum Gasteiger partial charge on any atom is 0.238 e. The molecule has 0 spiro atoms. The first-order valence-corrected chi connectivity index (χ1v) is 10.2. The lowest BCUT2D eigenvalue weighted by molar-refractivity contribution is -0.122. The molecule has 3 N–H and O–H groups in total. The molecule has 1 aromatic heterocycles. The molecule has 0 saturated carbocycles. The molecule has 6 heteroatoms. The van der Waals surface area contributed by atoms with E-state index in [4.69, 9.17) is 0 Å². The Labute approximate surface area is 159 Å². The molecule has 138 valence electrons. The highest BCUT2D eigenvalue weighted by molar-refractivity contribution is 7.98. The van der Waals surface area contributed by atoms with Crippen molar-refractivity contribution in [1.82, 2.24) is 21.2 Å². The number of pyridine rings is 1. The number of aryl methyl sites for hydroxylation is 1. The van der Waals surface area contributed by atoms with Gasteiger partial charge in [-0.05, 0) is 48.8 Å². The molecule has 1 aliphatic rings. The number of hydrogen-bond acceptors (Lipinski definition) is 5. The maximum atomic E-state index is 12.3. The predicted molar refractivity (Wildman–Crippen MR) is 107 cm³/mol. The topological polar surface area (TPSA) is 66.0 Å². The van der Waals surface area contributed by atoms with E-state index in [0.29, 0.717) is 0 Å². The van der Waals surface area contributed by atoms with E-state index in [1.165, 1.54) is 11.1 Å². The minimum Gasteiger partial charge on any atom is -0.355 e. The number of carbonyl (C=O) groups is 1. The van der Waals surface area contributed by atoms with Crippen LogP contribution in [0, 0.1) is 6.92 Å². The van der Waals surface area contributed by atoms with Crippen LogP contribution in [0.3, 0.4) is 0 Å². The lowest BCUT2D eigenvalue weighted by Crippen LogP contribution is -2.43. The van der Waals surface area contributed by atoms with Crippen molar-refractivity contribution in [3.05, 3.63) is 65.5 Å². The average Bonchev–Trinajstić information content (AvgIpc) is 3.15. The van der Waals surface area contributed by atoms with E-state index >= 15 is 0 Å². The first-order valence-electron chi connectivity index (χ1n) is 9.04. The van der Waals surface area contributed by atoms with E-state index in [1.807, 2.05) is 23.9 Å². The fourth-order valence-corrected chi connectivity index (χ4v) is 3.95. The van der Waals surface area contributed by atoms with Crippen LogP contribution in [0.1, 0.15) is 35.6 Å². The van der Waals surface area contributed by atoms with Gasteiger partial charge in [0.15, 0.2) is 0 Å². The predicted octanol–water partition coefficient (Wildman–Crippen LogP) is 2.74. The smallest absolute Gasteiger partial charge is 0.238 e. The lowest BCUT2D eigenvalue weighted by Gasteiger charge is -2.10. The minimum atomic E-state index is -0.187. The Morgan fingerprint density at radius 2 is 2.12 bits per heavy atom. The molecule has 2 atom stereocenters. The number of nitrogens with zero attached hydrogens (tertiary/aromatic N) is 1. The number of rotatable bonds is 8. The van der Waals surface area contributed by atoms with E-state index in [9.17, 15) is 4.79 Å². The van der Waals surface area contributed by atoms with Crippen molar-refractivity contribution in [3.8, 4) is 0 Å². The van der Waals surface area contributed by atoms with E-state index in [-0.39, 0.29) is 18.0 Å². The number of thioether (sulfide) groups is 1. The zero-order valence-electron chi connectivity index (χ0n) is 15.1. The second kappa shape index (κ2) is 9.71. The largest absolute Gasteiger partial charge is 0.355 e. The van der Waals surface area contributed by atoms with Crippen molar-refractivity contribution >= 4 is 17.7 Å². The molecule has 1 saturated heterocycles. The minimum absolute atomic E-state index is 0.0674. The molecule has 1 fully saturated rings. The van der Waals surface area contributed by atoms with E-state index in [2.05, 4.69) is 52.3 Å². The number of aromatic nitrogens is 1. The van der Waals surface area contributed by atoms with Gasteiger partial charge in [-0.2, -0.15) is 11.8 Å². The van der Waals surface area contributed by atoms with Gasteiger partial charge in [-0.1, -0.05) is 29.8 Å². The standard InChI is InChI=1S/C20H26N4OS/c1-15-4-2-5-16(12-15)14-26-11-3-8-22-20(25)19-13-18(23-24-19)17-6-9-21-10-7-17/h2,4-7,9-10,12,18-19,23-24H,3,8,11,13-14H2,1H3,(H,22,25). The SMILES string of the molecule is Cc1cccc(CSCCCNC(=O)C2CC(c3ccncc3)NN2)c1. The van der Waals surface area contributed by atoms with Crippen LogP contribution < -0.4 is 16.2 Å². The van der Waals surface area contributed by atoms with Crippen molar-refractivity contribution in [2.45, 2.75) is 37.6 Å². The van der Waals surface area contributed by atoms with Gasteiger partial charge < -0.3 is 5.32 Å². The molecule has 2 aromatic rings. The monoisotopic (exact) mass is 370 g/mol. The number of nitrogens with one attached hydrogen (secondary N) is 3. The summed E-state index contributed by atoms with van der Waals surface area (Å²) in [5.41, 5.74) is 10.1. The molecule has 1 aliphatic heterocycles. The third-order valence-corrected chi connectivity index (χ3v) is 5.56. The highest BCUT2D eigenvalue weighted by Gasteiger charge is 2.29. The summed E-state index contributed by atoms with van der Waals surface area (Å²) in [4.78, 5) is 16.3. The van der Waals surface area contributed by atoms with Gasteiger partial charge in [0, 0.05) is 30.7 Å². The molecule has 1 aromatic carbocycles. The molecular weight excluding hydrogens is 344 g/mol. The van der Waals surface area contributed by atoms with Crippen LogP contribution in [0.25, 0.3) is 0 Å². The van der Waals surface area contributed by atoms with Crippen LogP contribution >= 0.6 is 11.8 Å². The highest BCUT2D eigenvalue weighted by atomic mass is 32.2. The van der Waals surface area contributed by atoms with Crippen molar-refractivity contribution in [2.75, 3.05) is 12.3 Å². The number of amides is 1. The molecule has 1 amide bonds. The second-order valence-corrected chi connectivity index (χ2v) is 7.70. The van der Waals surface area contributed by atoms with Crippen LogP contribution in [-0.2, 0) is 10.5 Å². The summed E-state index contributed by atoms with van der Waals surface area (Å²) in [5, 5.41) is 3.04. The second-order valence-electron chi connectivity index (χ2n) is 6.60. The van der Waals surface area contributed by atoms with E-state index in [1.54, 1.807) is 12.4 Å². The first kappa shape index (κ1) is 18.9. The summed E-state index contributed by atoms with van der Waals surface area (Å²) in [5.74, 6) is 2.14. The van der Waals surface area contributed by atoms with Gasteiger partial charge >= 0.3 is 0 Å². The maximum absolute atomic E-state index is 12.3. The van der Waals surface area contributed by atoms with Gasteiger partial charge in [0.05, 0.1) is 0 Å². The van der Waals surface area contributed by atoms with E-state index < -0.39 is 0 Å². The molecule has 3 rings (SSSR count). The molecule has 26 heavy (non-hydrogen) atoms. The molecule has 2 unspecified atom stereocenters. The van der Waals surface area contributed by atoms with Crippen LogP contribution in [0.5, 0.6) is 0 Å². The molecule has 0 bridgehead atoms. The fourth-order valence-electron chi connectivity index (χ4n) is 3.04. The zero-order valence-corrected chi connectivity index (χ0v) is 15.9. The van der Waals surface area contributed by atoms with Gasteiger partial charge in [0.1, 0.15) is 6.04 Å². The summed E-state index contributed by atoms with van der Waals surface area (Å²) < 4.78 is 0. The van der Waals surface area contributed by atoms with Gasteiger partial charge in [-0.25, -0.2) is 10.9 Å². The third-order valence-electron chi connectivity index (χ3n) is 4.44. The van der Waals surface area contributed by atoms with Crippen molar-refractivity contribution in [2.24, 2.45) is 0 Å². The first-order chi connectivity index (χ1) is 12.7. The van der Waals surface area contributed by atoms with Crippen molar-refractivity contribution < 1.29 is 4.79 Å². The van der Waals surface area contributed by atoms with Gasteiger partial charge in [0.25, 0.3) is 0 Å². The van der Waals surface area contributed by atoms with Crippen LogP contribution in [0.2, 0.25) is 0 Å². The van der Waals surface area contributed by atoms with Crippen LogP contribution in [-0.4, -0.2) is 29.2 Å². The number of carbonyl (C=O) groups excluding carboxylic acids is 1. The van der Waals surface area contributed by atoms with Crippen molar-refractivity contribution in [3.63, 3.8) is 0 Å². The molecule has 0 aliphatic carbocycles. The van der Waals surface area contributed by atoms with Crippen LogP contribution in [0.4, 0.5) is 0 Å². The Kier molecular flexibility index (Phi) is 7.05. The number of benzene rings is 1. The van der Waals surface area contributed by atoms with Gasteiger partial charge in [0.2, 0.25) is 5.91 Å². The van der Waals surface area contributed by atoms with E-state index in [0.717, 1.165) is 36.5 Å². The van der Waals surface area contributed by atoms with Crippen molar-refractivity contribution in [1.29, 1.82) is 0 Å². The Morgan fingerprint density at radius 3 is 2.92 bits per heavy atom. The summed E-state index contributed by atoms with van der Waals surface area (Å²) in [6.45, 7) is 2.84. The Morgan fingerprint density at radius 1 is 1.27 bits per heavy atom. The fraction of sp³-hybridized carbons (Fsp3) is 0.400. The summed E-state index contributed by atoms with van der Waals surface area (Å²) in [7, 11) is 0. The Hall–Kier alpha value is -1.89. The Bertz CT molecular complexity index is 710. The number of hydrazine groups is 1. The Balaban J connectivity index is 1.30. The summed E-state index contributed by atoms with van der Waals surface area (Å²) in [6, 6.07) is 12.5. The molecule has 0 radical (unpaired) electrons. The molecule has 5 nitrogen and oxygen atoms in total. The van der Waals surface area contributed by atoms with Gasteiger partial charge in [-0.3, -0.25) is 9.78 Å². The molecule has 2 heterocycles. The average molecular weight is 371 g/mol. The van der Waals surface area contributed by atoms with Crippen LogP contribution in [0.15, 0.2) is 48.8 Å². The quantitative estimate of drug-likeness (QED) is 0.624. The normalized spacial score (nSPS) is 19.4. The summed E-state index contributed by atoms with van der Waals surface area (Å²) in [6.07, 6.45) is 5.28. The lowest BCUT2D eigenvalue weighted by atomic mass is 10.0. The number of hydrogen-bond donors (Lipinski definition) is 3. The summed E-state index contributed by atoms with van der Waals surface area (Å²) >= 11 is 1.91.